The highest BCUT2D eigenvalue weighted by Gasteiger charge is 2.20. The summed E-state index contributed by atoms with van der Waals surface area (Å²) in [6, 6.07) is 5.31. The Morgan fingerprint density at radius 3 is 2.71 bits per heavy atom. The molecule has 0 atom stereocenters. The lowest BCUT2D eigenvalue weighted by molar-refractivity contribution is 0.639. The lowest BCUT2D eigenvalue weighted by Gasteiger charge is -2.07. The third-order valence-corrected chi connectivity index (χ3v) is 2.99. The topological polar surface area (TPSA) is 17.0 Å². The van der Waals surface area contributed by atoms with Crippen LogP contribution in [0.1, 0.15) is 37.6 Å². The number of nitrogens with zero attached hydrogens (tertiary/aromatic N) is 1. The third-order valence-electron chi connectivity index (χ3n) is 2.99. The molecule has 0 bridgehead atoms. The fourth-order valence-corrected chi connectivity index (χ4v) is 1.82. The van der Waals surface area contributed by atoms with Gasteiger partial charge in [0.05, 0.1) is 0 Å². The predicted molar refractivity (Wildman–Crippen MR) is 59.3 cm³/mol. The summed E-state index contributed by atoms with van der Waals surface area (Å²) in [5.41, 5.74) is 2.88. The normalized spacial score (nSPS) is 16.1. The molecule has 1 aliphatic rings. The molecule has 1 aromatic heterocycles. The van der Waals surface area contributed by atoms with Gasteiger partial charge in [0.2, 0.25) is 0 Å². The average molecular weight is 192 g/mol. The molecule has 0 unspecified atom stereocenters. The first-order valence-corrected chi connectivity index (χ1v) is 5.68. The van der Waals surface area contributed by atoms with Gasteiger partial charge in [0.25, 0.3) is 0 Å². The molecule has 1 fully saturated rings. The first-order valence-electron chi connectivity index (χ1n) is 5.68. The molecule has 2 rings (SSSR count). The van der Waals surface area contributed by atoms with Crippen molar-refractivity contribution >= 4 is 0 Å². The number of rotatable bonds is 5. The SMILES string of the molecule is CCCc1ccc(CNC2CC2)n1C. The van der Waals surface area contributed by atoms with Crippen LogP contribution in [0.2, 0.25) is 0 Å². The van der Waals surface area contributed by atoms with Gasteiger partial charge in [-0.3, -0.25) is 0 Å². The Morgan fingerprint density at radius 1 is 1.36 bits per heavy atom. The first kappa shape index (κ1) is 9.78. The van der Waals surface area contributed by atoms with Crippen LogP contribution in [0.15, 0.2) is 12.1 Å². The predicted octanol–water partition coefficient (Wildman–Crippen LogP) is 2.23. The van der Waals surface area contributed by atoms with E-state index < -0.39 is 0 Å². The first-order chi connectivity index (χ1) is 6.81. The van der Waals surface area contributed by atoms with Crippen molar-refractivity contribution in [2.75, 3.05) is 0 Å². The van der Waals surface area contributed by atoms with Crippen molar-refractivity contribution in [1.29, 1.82) is 0 Å². The second-order valence-electron chi connectivity index (χ2n) is 4.28. The molecule has 1 N–H and O–H groups in total. The summed E-state index contributed by atoms with van der Waals surface area (Å²) in [7, 11) is 2.18. The molecule has 14 heavy (non-hydrogen) atoms. The van der Waals surface area contributed by atoms with Crippen LogP contribution >= 0.6 is 0 Å². The molecule has 0 aromatic carbocycles. The smallest absolute Gasteiger partial charge is 0.0361 e. The van der Waals surface area contributed by atoms with Crippen LogP contribution in [0.4, 0.5) is 0 Å². The van der Waals surface area contributed by atoms with Gasteiger partial charge in [-0.1, -0.05) is 13.3 Å². The van der Waals surface area contributed by atoms with Gasteiger partial charge in [-0.05, 0) is 31.4 Å². The van der Waals surface area contributed by atoms with E-state index in [0.29, 0.717) is 0 Å². The quantitative estimate of drug-likeness (QED) is 0.757. The van der Waals surface area contributed by atoms with Crippen LogP contribution in [-0.4, -0.2) is 10.6 Å². The second-order valence-corrected chi connectivity index (χ2v) is 4.28. The van der Waals surface area contributed by atoms with E-state index in [1.165, 1.54) is 37.1 Å². The van der Waals surface area contributed by atoms with E-state index in [4.69, 9.17) is 0 Å². The molecule has 0 amide bonds. The molecule has 78 valence electrons. The van der Waals surface area contributed by atoms with Gasteiger partial charge in [-0.2, -0.15) is 0 Å². The van der Waals surface area contributed by atoms with Gasteiger partial charge in [-0.15, -0.1) is 0 Å². The number of hydrogen-bond acceptors (Lipinski definition) is 1. The molecule has 0 aliphatic heterocycles. The van der Waals surface area contributed by atoms with Crippen molar-refractivity contribution in [3.63, 3.8) is 0 Å². The van der Waals surface area contributed by atoms with Gasteiger partial charge < -0.3 is 9.88 Å². The van der Waals surface area contributed by atoms with Gasteiger partial charge in [0.15, 0.2) is 0 Å². The molecule has 0 radical (unpaired) electrons. The molecule has 0 saturated heterocycles. The number of nitrogens with one attached hydrogen (secondary N) is 1. The fourth-order valence-electron chi connectivity index (χ4n) is 1.82. The molecular weight excluding hydrogens is 172 g/mol. The van der Waals surface area contributed by atoms with Crippen molar-refractivity contribution in [2.45, 2.75) is 45.2 Å². The molecule has 1 aromatic rings. The maximum Gasteiger partial charge on any atom is 0.0361 e. The summed E-state index contributed by atoms with van der Waals surface area (Å²) in [5.74, 6) is 0. The van der Waals surface area contributed by atoms with E-state index in [2.05, 4.69) is 36.0 Å². The summed E-state index contributed by atoms with van der Waals surface area (Å²) in [6.45, 7) is 3.26. The molecular formula is C12H20N2. The maximum atomic E-state index is 3.55. The van der Waals surface area contributed by atoms with Crippen LogP contribution in [-0.2, 0) is 20.0 Å². The molecule has 1 heterocycles. The second kappa shape index (κ2) is 4.18. The highest BCUT2D eigenvalue weighted by Crippen LogP contribution is 2.19. The van der Waals surface area contributed by atoms with E-state index in [1.54, 1.807) is 0 Å². The van der Waals surface area contributed by atoms with Crippen molar-refractivity contribution in [2.24, 2.45) is 7.05 Å². The largest absolute Gasteiger partial charge is 0.350 e. The van der Waals surface area contributed by atoms with Crippen LogP contribution in [0.25, 0.3) is 0 Å². The Hall–Kier alpha value is -0.760. The van der Waals surface area contributed by atoms with Crippen LogP contribution in [0.5, 0.6) is 0 Å². The minimum absolute atomic E-state index is 0.805. The Morgan fingerprint density at radius 2 is 2.07 bits per heavy atom. The minimum atomic E-state index is 0.805. The van der Waals surface area contributed by atoms with Gasteiger partial charge in [-0.25, -0.2) is 0 Å². The zero-order chi connectivity index (χ0) is 9.97. The zero-order valence-electron chi connectivity index (χ0n) is 9.21. The molecule has 1 aliphatic carbocycles. The van der Waals surface area contributed by atoms with Crippen molar-refractivity contribution in [3.05, 3.63) is 23.5 Å². The van der Waals surface area contributed by atoms with Crippen LogP contribution in [0.3, 0.4) is 0 Å². The number of aryl methyl sites for hydroxylation is 1. The Labute approximate surface area is 86.3 Å². The van der Waals surface area contributed by atoms with Gasteiger partial charge in [0, 0.05) is 31.0 Å². The third kappa shape index (κ3) is 2.18. The van der Waals surface area contributed by atoms with E-state index in [9.17, 15) is 0 Å². The summed E-state index contributed by atoms with van der Waals surface area (Å²) in [5, 5.41) is 3.55. The molecule has 1 saturated carbocycles. The highest BCUT2D eigenvalue weighted by atomic mass is 15.0. The summed E-state index contributed by atoms with van der Waals surface area (Å²) < 4.78 is 2.33. The Kier molecular flexibility index (Phi) is 2.92. The maximum absolute atomic E-state index is 3.55. The van der Waals surface area contributed by atoms with E-state index in [0.717, 1.165) is 12.6 Å². The highest BCUT2D eigenvalue weighted by molar-refractivity contribution is 5.16. The van der Waals surface area contributed by atoms with Crippen molar-refractivity contribution in [1.82, 2.24) is 9.88 Å². The summed E-state index contributed by atoms with van der Waals surface area (Å²) in [4.78, 5) is 0. The van der Waals surface area contributed by atoms with E-state index in [1.807, 2.05) is 0 Å². The van der Waals surface area contributed by atoms with Crippen molar-refractivity contribution < 1.29 is 0 Å². The summed E-state index contributed by atoms with van der Waals surface area (Å²) in [6.07, 6.45) is 5.16. The van der Waals surface area contributed by atoms with Gasteiger partial charge in [0.1, 0.15) is 0 Å². The monoisotopic (exact) mass is 192 g/mol. The Balaban J connectivity index is 1.94. The molecule has 0 spiro atoms. The number of aromatic nitrogens is 1. The Bertz CT molecular complexity index is 297. The van der Waals surface area contributed by atoms with Crippen LogP contribution < -0.4 is 5.32 Å². The van der Waals surface area contributed by atoms with Gasteiger partial charge >= 0.3 is 0 Å². The molecule has 2 heteroatoms. The van der Waals surface area contributed by atoms with E-state index in [-0.39, 0.29) is 0 Å². The van der Waals surface area contributed by atoms with E-state index >= 15 is 0 Å². The van der Waals surface area contributed by atoms with Crippen LogP contribution in [0, 0.1) is 0 Å². The standard InChI is InChI=1S/C12H20N2/c1-3-4-11-7-8-12(14(11)2)9-13-10-5-6-10/h7-8,10,13H,3-6,9H2,1-2H3. The van der Waals surface area contributed by atoms with Crippen molar-refractivity contribution in [3.8, 4) is 0 Å². The lowest BCUT2D eigenvalue weighted by Crippen LogP contribution is -2.17. The minimum Gasteiger partial charge on any atom is -0.350 e. The number of hydrogen-bond donors (Lipinski definition) is 1. The summed E-state index contributed by atoms with van der Waals surface area (Å²) >= 11 is 0. The fraction of sp³-hybridized carbons (Fsp3) is 0.667. The lowest BCUT2D eigenvalue weighted by atomic mass is 10.2. The zero-order valence-corrected chi connectivity index (χ0v) is 9.21. The molecule has 2 nitrogen and oxygen atoms in total. The average Bonchev–Trinajstić information content (AvgIpc) is 2.94.